The van der Waals surface area contributed by atoms with Crippen molar-refractivity contribution in [3.8, 4) is 0 Å². The highest BCUT2D eigenvalue weighted by Gasteiger charge is 2.59. The van der Waals surface area contributed by atoms with Crippen LogP contribution in [-0.2, 0) is 0 Å². The summed E-state index contributed by atoms with van der Waals surface area (Å²) in [7, 11) is 0. The summed E-state index contributed by atoms with van der Waals surface area (Å²) < 4.78 is 0. The Morgan fingerprint density at radius 1 is 0.892 bits per heavy atom. The van der Waals surface area contributed by atoms with Gasteiger partial charge in [0.2, 0.25) is 0 Å². The molecule has 196 valence electrons. The summed E-state index contributed by atoms with van der Waals surface area (Å²) in [6, 6.07) is 21.9. The fraction of sp³-hybridized carbons (Fsp3) is 0.556. The van der Waals surface area contributed by atoms with Crippen LogP contribution in [0.1, 0.15) is 89.7 Å². The van der Waals surface area contributed by atoms with E-state index in [1.165, 1.54) is 55.2 Å². The van der Waals surface area contributed by atoms with Crippen LogP contribution in [0.2, 0.25) is 0 Å². The Bertz CT molecular complexity index is 1100. The van der Waals surface area contributed by atoms with Crippen molar-refractivity contribution in [1.82, 2.24) is 0 Å². The van der Waals surface area contributed by atoms with Crippen LogP contribution >= 0.6 is 0 Å². The summed E-state index contributed by atoms with van der Waals surface area (Å²) in [6.45, 7) is 7.77. The Labute approximate surface area is 225 Å². The van der Waals surface area contributed by atoms with E-state index in [9.17, 15) is 5.11 Å². The van der Waals surface area contributed by atoms with E-state index in [-0.39, 0.29) is 6.10 Å². The van der Waals surface area contributed by atoms with Gasteiger partial charge in [0.1, 0.15) is 0 Å². The van der Waals surface area contributed by atoms with Gasteiger partial charge in [0.05, 0.1) is 6.10 Å². The minimum atomic E-state index is -0.105. The molecule has 3 saturated carbocycles. The number of fused-ring (bicyclic) bond motifs is 5. The highest BCUT2D eigenvalue weighted by atomic mass is 16.3. The highest BCUT2D eigenvalue weighted by molar-refractivity contribution is 5.79. The maximum Gasteiger partial charge on any atom is 0.0577 e. The smallest absolute Gasteiger partial charge is 0.0577 e. The van der Waals surface area contributed by atoms with Crippen LogP contribution in [0.3, 0.4) is 0 Å². The SMILES string of the molecule is C[C@H](CC=C(c1ccccc1)c1ccccc1)[C@@H]1CC[C@@H]2[C@@H]3CC=C4C[C@@H](O)CC[C@]4(C)[C@@H]3CC[C@@]21C. The number of allylic oxidation sites excluding steroid dienone is 2. The molecule has 4 aliphatic rings. The van der Waals surface area contributed by atoms with Gasteiger partial charge in [-0.1, -0.05) is 99.2 Å². The lowest BCUT2D eigenvalue weighted by Gasteiger charge is -2.58. The number of rotatable bonds is 5. The Hall–Kier alpha value is -2.12. The molecule has 6 rings (SSSR count). The van der Waals surface area contributed by atoms with Crippen LogP contribution in [0.5, 0.6) is 0 Å². The van der Waals surface area contributed by atoms with Crippen LogP contribution in [0.25, 0.3) is 5.57 Å². The molecule has 0 bridgehead atoms. The van der Waals surface area contributed by atoms with Gasteiger partial charge in [-0.25, -0.2) is 0 Å². The second kappa shape index (κ2) is 9.88. The largest absolute Gasteiger partial charge is 0.393 e. The molecular formula is C36H46O. The first kappa shape index (κ1) is 25.2. The topological polar surface area (TPSA) is 20.2 Å². The van der Waals surface area contributed by atoms with E-state index in [4.69, 9.17) is 0 Å². The van der Waals surface area contributed by atoms with Crippen LogP contribution in [-0.4, -0.2) is 11.2 Å². The zero-order valence-electron chi connectivity index (χ0n) is 23.2. The molecular weight excluding hydrogens is 448 g/mol. The van der Waals surface area contributed by atoms with E-state index in [1.807, 2.05) is 0 Å². The molecule has 0 spiro atoms. The number of aliphatic hydroxyl groups excluding tert-OH is 1. The lowest BCUT2D eigenvalue weighted by atomic mass is 9.47. The van der Waals surface area contributed by atoms with Gasteiger partial charge in [0.25, 0.3) is 0 Å². The summed E-state index contributed by atoms with van der Waals surface area (Å²) in [5.74, 6) is 4.05. The third-order valence-corrected chi connectivity index (χ3v) is 11.7. The zero-order valence-corrected chi connectivity index (χ0v) is 23.2. The van der Waals surface area contributed by atoms with Crippen LogP contribution < -0.4 is 0 Å². The summed E-state index contributed by atoms with van der Waals surface area (Å²) in [6.07, 6.45) is 16.2. The van der Waals surface area contributed by atoms with Gasteiger partial charge in [0, 0.05) is 0 Å². The number of hydrogen-bond acceptors (Lipinski definition) is 1. The predicted molar refractivity (Wildman–Crippen MR) is 155 cm³/mol. The van der Waals surface area contributed by atoms with Crippen molar-refractivity contribution in [3.05, 3.63) is 89.5 Å². The fourth-order valence-electron chi connectivity index (χ4n) is 9.72. The maximum atomic E-state index is 10.3. The molecule has 1 N–H and O–H groups in total. The minimum Gasteiger partial charge on any atom is -0.393 e. The second-order valence-corrected chi connectivity index (χ2v) is 13.4. The minimum absolute atomic E-state index is 0.105. The molecule has 0 radical (unpaired) electrons. The monoisotopic (exact) mass is 494 g/mol. The molecule has 0 aliphatic heterocycles. The lowest BCUT2D eigenvalue weighted by Crippen LogP contribution is -2.50. The van der Waals surface area contributed by atoms with Crippen LogP contribution in [0.4, 0.5) is 0 Å². The molecule has 1 heteroatoms. The van der Waals surface area contributed by atoms with Gasteiger partial charge in [-0.05, 0) is 115 Å². The van der Waals surface area contributed by atoms with Crippen LogP contribution in [0.15, 0.2) is 78.4 Å². The zero-order chi connectivity index (χ0) is 25.6. The molecule has 2 aromatic carbocycles. The summed E-state index contributed by atoms with van der Waals surface area (Å²) in [5.41, 5.74) is 6.45. The first-order valence-electron chi connectivity index (χ1n) is 15.1. The van der Waals surface area contributed by atoms with E-state index in [2.05, 4.69) is 93.6 Å². The van der Waals surface area contributed by atoms with Crippen molar-refractivity contribution in [2.24, 2.45) is 40.4 Å². The average Bonchev–Trinajstić information content (AvgIpc) is 3.28. The molecule has 0 saturated heterocycles. The van der Waals surface area contributed by atoms with Gasteiger partial charge in [-0.15, -0.1) is 0 Å². The number of hydrogen-bond donors (Lipinski definition) is 1. The Balaban J connectivity index is 1.22. The first-order valence-corrected chi connectivity index (χ1v) is 15.1. The average molecular weight is 495 g/mol. The van der Waals surface area contributed by atoms with Crippen molar-refractivity contribution in [2.75, 3.05) is 0 Å². The van der Waals surface area contributed by atoms with E-state index < -0.39 is 0 Å². The Morgan fingerprint density at radius 2 is 1.57 bits per heavy atom. The number of aliphatic hydroxyl groups is 1. The van der Waals surface area contributed by atoms with Crippen molar-refractivity contribution in [3.63, 3.8) is 0 Å². The predicted octanol–water partition coefficient (Wildman–Crippen LogP) is 9.08. The molecule has 37 heavy (non-hydrogen) atoms. The van der Waals surface area contributed by atoms with Crippen molar-refractivity contribution in [1.29, 1.82) is 0 Å². The van der Waals surface area contributed by atoms with Gasteiger partial charge in [-0.3, -0.25) is 0 Å². The van der Waals surface area contributed by atoms with E-state index in [1.54, 1.807) is 5.57 Å². The van der Waals surface area contributed by atoms with Crippen molar-refractivity contribution in [2.45, 2.75) is 84.7 Å². The number of benzene rings is 2. The van der Waals surface area contributed by atoms with Crippen LogP contribution in [0, 0.1) is 40.4 Å². The van der Waals surface area contributed by atoms with Gasteiger partial charge in [-0.2, -0.15) is 0 Å². The summed E-state index contributed by atoms with van der Waals surface area (Å²) >= 11 is 0. The standard InChI is InChI=1S/C36H46O/c1-25(14-16-30(26-10-6-4-7-11-26)27-12-8-5-9-13-27)32-18-19-33-31-17-15-28-24-29(37)20-22-35(28,2)34(31)21-23-36(32,33)3/h4-13,15-16,25,29,31-34,37H,14,17-24H2,1-3H3/t25-,29+,31+,32+,33-,34-,35+,36-/m1/s1. The van der Waals surface area contributed by atoms with Gasteiger partial charge < -0.3 is 5.11 Å². The quantitative estimate of drug-likeness (QED) is 0.411. The lowest BCUT2D eigenvalue weighted by molar-refractivity contribution is -0.0565. The normalized spacial score (nSPS) is 37.5. The van der Waals surface area contributed by atoms with E-state index in [0.29, 0.717) is 16.7 Å². The van der Waals surface area contributed by atoms with Gasteiger partial charge in [0.15, 0.2) is 0 Å². The molecule has 8 atom stereocenters. The van der Waals surface area contributed by atoms with Crippen molar-refractivity contribution >= 4 is 5.57 Å². The molecule has 0 amide bonds. The molecule has 2 aromatic rings. The van der Waals surface area contributed by atoms with Crippen molar-refractivity contribution < 1.29 is 5.11 Å². The Kier molecular flexibility index (Phi) is 6.72. The first-order chi connectivity index (χ1) is 17.9. The second-order valence-electron chi connectivity index (χ2n) is 13.4. The maximum absolute atomic E-state index is 10.3. The molecule has 0 unspecified atom stereocenters. The third-order valence-electron chi connectivity index (χ3n) is 11.7. The van der Waals surface area contributed by atoms with E-state index >= 15 is 0 Å². The molecule has 4 aliphatic carbocycles. The molecule has 0 heterocycles. The Morgan fingerprint density at radius 3 is 2.24 bits per heavy atom. The van der Waals surface area contributed by atoms with E-state index in [0.717, 1.165) is 42.9 Å². The molecule has 1 nitrogen and oxygen atoms in total. The molecule has 0 aromatic heterocycles. The fourth-order valence-corrected chi connectivity index (χ4v) is 9.72. The molecule has 3 fully saturated rings. The highest BCUT2D eigenvalue weighted by Crippen LogP contribution is 2.67. The van der Waals surface area contributed by atoms with Gasteiger partial charge >= 0.3 is 0 Å². The third kappa shape index (κ3) is 4.36. The summed E-state index contributed by atoms with van der Waals surface area (Å²) in [4.78, 5) is 0. The summed E-state index contributed by atoms with van der Waals surface area (Å²) in [5, 5.41) is 10.3.